The number of nitrogens with two attached hydrogens (primary N) is 1. The summed E-state index contributed by atoms with van der Waals surface area (Å²) >= 11 is 0. The van der Waals surface area contributed by atoms with Crippen LogP contribution in [0.3, 0.4) is 0 Å². The van der Waals surface area contributed by atoms with Gasteiger partial charge in [0.15, 0.2) is 0 Å². The van der Waals surface area contributed by atoms with Crippen LogP contribution in [-0.4, -0.2) is 24.0 Å². The lowest BCUT2D eigenvalue weighted by Crippen LogP contribution is -2.39. The molecule has 1 heterocycles. The van der Waals surface area contributed by atoms with E-state index in [2.05, 4.69) is 16.4 Å². The SMILES string of the molecule is NCCCC(=O)NCC1(c2ccccn2)CCCC1. The predicted molar refractivity (Wildman–Crippen MR) is 75.7 cm³/mol. The highest BCUT2D eigenvalue weighted by Crippen LogP contribution is 2.39. The highest BCUT2D eigenvalue weighted by molar-refractivity contribution is 5.76. The molecule has 0 radical (unpaired) electrons. The van der Waals surface area contributed by atoms with E-state index in [0.29, 0.717) is 19.5 Å². The zero-order valence-electron chi connectivity index (χ0n) is 11.4. The molecule has 1 aromatic rings. The standard InChI is InChI=1S/C15H23N3O/c16-10-5-7-14(19)18-12-15(8-2-3-9-15)13-6-1-4-11-17-13/h1,4,6,11H,2-3,5,7-10,12,16H2,(H,18,19). The lowest BCUT2D eigenvalue weighted by molar-refractivity contribution is -0.121. The van der Waals surface area contributed by atoms with Crippen LogP contribution in [0.1, 0.15) is 44.2 Å². The monoisotopic (exact) mass is 261 g/mol. The maximum Gasteiger partial charge on any atom is 0.220 e. The third-order valence-electron chi connectivity index (χ3n) is 4.00. The normalized spacial score (nSPS) is 17.3. The lowest BCUT2D eigenvalue weighted by atomic mass is 9.82. The van der Waals surface area contributed by atoms with Gasteiger partial charge in [-0.1, -0.05) is 18.9 Å². The molecule has 0 aromatic carbocycles. The van der Waals surface area contributed by atoms with Gasteiger partial charge in [-0.3, -0.25) is 9.78 Å². The summed E-state index contributed by atoms with van der Waals surface area (Å²) in [5.41, 5.74) is 6.58. The van der Waals surface area contributed by atoms with Crippen molar-refractivity contribution in [3.8, 4) is 0 Å². The Morgan fingerprint density at radius 3 is 2.79 bits per heavy atom. The van der Waals surface area contributed by atoms with E-state index in [4.69, 9.17) is 5.73 Å². The maximum atomic E-state index is 11.7. The van der Waals surface area contributed by atoms with Crippen molar-refractivity contribution >= 4 is 5.91 Å². The predicted octanol–water partition coefficient (Wildman–Crippen LogP) is 1.75. The third-order valence-corrected chi connectivity index (χ3v) is 4.00. The minimum absolute atomic E-state index is 0.0413. The first-order valence-corrected chi connectivity index (χ1v) is 7.15. The van der Waals surface area contributed by atoms with Gasteiger partial charge in [0.2, 0.25) is 5.91 Å². The Morgan fingerprint density at radius 2 is 2.16 bits per heavy atom. The average molecular weight is 261 g/mol. The van der Waals surface area contributed by atoms with E-state index in [-0.39, 0.29) is 11.3 Å². The molecule has 1 fully saturated rings. The molecule has 0 aliphatic heterocycles. The van der Waals surface area contributed by atoms with Gasteiger partial charge in [0.05, 0.1) is 0 Å². The van der Waals surface area contributed by atoms with E-state index in [9.17, 15) is 4.79 Å². The van der Waals surface area contributed by atoms with Crippen molar-refractivity contribution in [2.75, 3.05) is 13.1 Å². The summed E-state index contributed by atoms with van der Waals surface area (Å²) in [6, 6.07) is 6.04. The number of nitrogens with zero attached hydrogens (tertiary/aromatic N) is 1. The van der Waals surface area contributed by atoms with Crippen LogP contribution in [0.2, 0.25) is 0 Å². The second-order valence-electron chi connectivity index (χ2n) is 5.37. The van der Waals surface area contributed by atoms with E-state index in [1.165, 1.54) is 12.8 Å². The molecular formula is C15H23N3O. The summed E-state index contributed by atoms with van der Waals surface area (Å²) < 4.78 is 0. The number of hydrogen-bond donors (Lipinski definition) is 2. The molecule has 4 heteroatoms. The highest BCUT2D eigenvalue weighted by Gasteiger charge is 2.36. The average Bonchev–Trinajstić information content (AvgIpc) is 2.94. The van der Waals surface area contributed by atoms with Crippen molar-refractivity contribution in [2.24, 2.45) is 5.73 Å². The molecule has 1 saturated carbocycles. The van der Waals surface area contributed by atoms with E-state index >= 15 is 0 Å². The molecule has 19 heavy (non-hydrogen) atoms. The second-order valence-corrected chi connectivity index (χ2v) is 5.37. The van der Waals surface area contributed by atoms with Gasteiger partial charge in [-0.05, 0) is 37.9 Å². The summed E-state index contributed by atoms with van der Waals surface area (Å²) in [6.45, 7) is 1.27. The number of amides is 1. The van der Waals surface area contributed by atoms with E-state index < -0.39 is 0 Å². The number of hydrogen-bond acceptors (Lipinski definition) is 3. The van der Waals surface area contributed by atoms with Crippen molar-refractivity contribution < 1.29 is 4.79 Å². The fourth-order valence-electron chi connectivity index (χ4n) is 2.87. The Labute approximate surface area is 114 Å². The molecule has 2 rings (SSSR count). The summed E-state index contributed by atoms with van der Waals surface area (Å²) in [5, 5.41) is 3.06. The number of nitrogens with one attached hydrogen (secondary N) is 1. The Hall–Kier alpha value is -1.42. The van der Waals surface area contributed by atoms with Crippen molar-refractivity contribution in [1.82, 2.24) is 10.3 Å². The summed E-state index contributed by atoms with van der Waals surface area (Å²) in [4.78, 5) is 16.2. The van der Waals surface area contributed by atoms with Crippen molar-refractivity contribution in [3.05, 3.63) is 30.1 Å². The van der Waals surface area contributed by atoms with Crippen LogP contribution in [0, 0.1) is 0 Å². The zero-order chi connectivity index (χ0) is 13.6. The third kappa shape index (κ3) is 3.53. The van der Waals surface area contributed by atoms with Crippen molar-refractivity contribution in [1.29, 1.82) is 0 Å². The first-order chi connectivity index (χ1) is 9.27. The van der Waals surface area contributed by atoms with Crippen LogP contribution in [0.4, 0.5) is 0 Å². The van der Waals surface area contributed by atoms with Crippen molar-refractivity contribution in [3.63, 3.8) is 0 Å². The fraction of sp³-hybridized carbons (Fsp3) is 0.600. The molecule has 0 spiro atoms. The maximum absolute atomic E-state index is 11.7. The van der Waals surface area contributed by atoms with Gasteiger partial charge in [0.1, 0.15) is 0 Å². The first kappa shape index (κ1) is 14.0. The highest BCUT2D eigenvalue weighted by atomic mass is 16.1. The Kier molecular flexibility index (Phi) is 4.91. The van der Waals surface area contributed by atoms with Gasteiger partial charge in [-0.2, -0.15) is 0 Å². The van der Waals surface area contributed by atoms with Gasteiger partial charge >= 0.3 is 0 Å². The number of carbonyl (C=O) groups is 1. The molecule has 3 N–H and O–H groups in total. The summed E-state index contributed by atoms with van der Waals surface area (Å²) in [5.74, 6) is 0.104. The minimum atomic E-state index is 0.0413. The Balaban J connectivity index is 1.99. The second kappa shape index (κ2) is 6.66. The molecule has 0 bridgehead atoms. The van der Waals surface area contributed by atoms with Crippen LogP contribution in [0.15, 0.2) is 24.4 Å². The summed E-state index contributed by atoms with van der Waals surface area (Å²) in [6.07, 6.45) is 7.77. The van der Waals surface area contributed by atoms with Crippen LogP contribution in [-0.2, 0) is 10.2 Å². The van der Waals surface area contributed by atoms with E-state index in [0.717, 1.165) is 25.0 Å². The molecule has 0 saturated heterocycles. The number of pyridine rings is 1. The molecule has 0 unspecified atom stereocenters. The van der Waals surface area contributed by atoms with Crippen LogP contribution >= 0.6 is 0 Å². The number of rotatable bonds is 6. The largest absolute Gasteiger partial charge is 0.355 e. The van der Waals surface area contributed by atoms with Crippen molar-refractivity contribution in [2.45, 2.75) is 43.9 Å². The fourth-order valence-corrected chi connectivity index (χ4v) is 2.87. The van der Waals surface area contributed by atoms with Crippen LogP contribution < -0.4 is 11.1 Å². The topological polar surface area (TPSA) is 68.0 Å². The van der Waals surface area contributed by atoms with Crippen LogP contribution in [0.25, 0.3) is 0 Å². The molecule has 1 aliphatic rings. The minimum Gasteiger partial charge on any atom is -0.355 e. The zero-order valence-corrected chi connectivity index (χ0v) is 11.4. The molecule has 1 aliphatic carbocycles. The summed E-state index contributed by atoms with van der Waals surface area (Å²) in [7, 11) is 0. The molecule has 1 aromatic heterocycles. The molecule has 4 nitrogen and oxygen atoms in total. The lowest BCUT2D eigenvalue weighted by Gasteiger charge is -2.28. The Bertz CT molecular complexity index is 399. The number of aromatic nitrogens is 1. The molecule has 0 atom stereocenters. The molecule has 104 valence electrons. The van der Waals surface area contributed by atoms with Crippen LogP contribution in [0.5, 0.6) is 0 Å². The van der Waals surface area contributed by atoms with Gasteiger partial charge in [-0.15, -0.1) is 0 Å². The first-order valence-electron chi connectivity index (χ1n) is 7.15. The van der Waals surface area contributed by atoms with Gasteiger partial charge in [0.25, 0.3) is 0 Å². The van der Waals surface area contributed by atoms with Gasteiger partial charge < -0.3 is 11.1 Å². The van der Waals surface area contributed by atoms with E-state index in [1.807, 2.05) is 18.3 Å². The molecular weight excluding hydrogens is 238 g/mol. The molecule has 1 amide bonds. The van der Waals surface area contributed by atoms with E-state index in [1.54, 1.807) is 0 Å². The van der Waals surface area contributed by atoms with Gasteiger partial charge in [-0.25, -0.2) is 0 Å². The Morgan fingerprint density at radius 1 is 1.37 bits per heavy atom. The quantitative estimate of drug-likeness (QED) is 0.819. The smallest absolute Gasteiger partial charge is 0.220 e. The van der Waals surface area contributed by atoms with Gasteiger partial charge in [0, 0.05) is 30.3 Å². The number of carbonyl (C=O) groups excluding carboxylic acids is 1.